The van der Waals surface area contributed by atoms with Gasteiger partial charge in [0, 0.05) is 12.6 Å². The second kappa shape index (κ2) is 7.05. The van der Waals surface area contributed by atoms with Crippen molar-refractivity contribution in [2.45, 2.75) is 45.9 Å². The summed E-state index contributed by atoms with van der Waals surface area (Å²) in [4.78, 5) is 4.18. The van der Waals surface area contributed by atoms with Gasteiger partial charge >= 0.3 is 0 Å². The van der Waals surface area contributed by atoms with E-state index in [1.54, 1.807) is 6.33 Å². The Hall–Kier alpha value is -1.88. The van der Waals surface area contributed by atoms with E-state index in [2.05, 4.69) is 29.1 Å². The van der Waals surface area contributed by atoms with E-state index < -0.39 is 0 Å². The summed E-state index contributed by atoms with van der Waals surface area (Å²) in [7, 11) is 0. The van der Waals surface area contributed by atoms with Crippen molar-refractivity contribution in [1.29, 1.82) is 0 Å². The quantitative estimate of drug-likeness (QED) is 0.840. The lowest BCUT2D eigenvalue weighted by Gasteiger charge is -2.10. The number of hydrogen-bond acceptors (Lipinski definition) is 4. The highest BCUT2D eigenvalue weighted by molar-refractivity contribution is 5.27. The Morgan fingerprint density at radius 1 is 1.25 bits per heavy atom. The molecule has 5 heteroatoms. The summed E-state index contributed by atoms with van der Waals surface area (Å²) in [6.45, 7) is 5.37. The number of aryl methyl sites for hydroxylation is 1. The third kappa shape index (κ3) is 3.81. The number of nitrogens with zero attached hydrogens (tertiary/aromatic N) is 3. The molecule has 0 aliphatic rings. The summed E-state index contributed by atoms with van der Waals surface area (Å²) in [5, 5.41) is 4.11. The fourth-order valence-electron chi connectivity index (χ4n) is 1.98. The molecular formula is C15H22N4O. The molecule has 2 aromatic rings. The van der Waals surface area contributed by atoms with Crippen LogP contribution in [0.3, 0.4) is 0 Å². The molecule has 5 nitrogen and oxygen atoms in total. The van der Waals surface area contributed by atoms with Crippen LogP contribution in [0.4, 0.5) is 0 Å². The van der Waals surface area contributed by atoms with Gasteiger partial charge in [-0.25, -0.2) is 9.67 Å². The number of rotatable bonds is 7. The van der Waals surface area contributed by atoms with Gasteiger partial charge in [0.1, 0.15) is 18.7 Å². The molecule has 1 aromatic heterocycles. The van der Waals surface area contributed by atoms with Crippen molar-refractivity contribution in [3.8, 4) is 5.75 Å². The van der Waals surface area contributed by atoms with Gasteiger partial charge in [0.25, 0.3) is 0 Å². The second-order valence-corrected chi connectivity index (χ2v) is 4.80. The van der Waals surface area contributed by atoms with E-state index in [0.29, 0.717) is 6.61 Å². The van der Waals surface area contributed by atoms with E-state index >= 15 is 0 Å². The van der Waals surface area contributed by atoms with Crippen LogP contribution in [0.25, 0.3) is 0 Å². The van der Waals surface area contributed by atoms with Crippen molar-refractivity contribution < 1.29 is 4.74 Å². The molecule has 1 atom stereocenters. The van der Waals surface area contributed by atoms with Crippen LogP contribution in [0, 0.1) is 0 Å². The van der Waals surface area contributed by atoms with E-state index in [1.165, 1.54) is 5.56 Å². The van der Waals surface area contributed by atoms with Gasteiger partial charge in [-0.3, -0.25) is 0 Å². The maximum Gasteiger partial charge on any atom is 0.164 e. The molecule has 0 aliphatic carbocycles. The molecule has 2 N–H and O–H groups in total. The average molecular weight is 274 g/mol. The molecule has 0 fully saturated rings. The number of benzene rings is 1. The van der Waals surface area contributed by atoms with Gasteiger partial charge in [0.2, 0.25) is 0 Å². The van der Waals surface area contributed by atoms with E-state index in [-0.39, 0.29) is 6.04 Å². The van der Waals surface area contributed by atoms with Crippen LogP contribution >= 0.6 is 0 Å². The first-order valence-corrected chi connectivity index (χ1v) is 7.07. The second-order valence-electron chi connectivity index (χ2n) is 4.80. The first-order chi connectivity index (χ1) is 9.72. The zero-order valence-corrected chi connectivity index (χ0v) is 12.1. The monoisotopic (exact) mass is 274 g/mol. The normalized spacial score (nSPS) is 12.3. The molecule has 1 heterocycles. The maximum atomic E-state index is 5.95. The van der Waals surface area contributed by atoms with Crippen molar-refractivity contribution in [2.24, 2.45) is 5.73 Å². The lowest BCUT2D eigenvalue weighted by molar-refractivity contribution is 0.287. The smallest absolute Gasteiger partial charge is 0.164 e. The summed E-state index contributed by atoms with van der Waals surface area (Å²) >= 11 is 0. The van der Waals surface area contributed by atoms with Crippen LogP contribution in [0.5, 0.6) is 5.75 Å². The first-order valence-electron chi connectivity index (χ1n) is 7.07. The minimum absolute atomic E-state index is 0.227. The topological polar surface area (TPSA) is 66.0 Å². The predicted octanol–water partition coefficient (Wildman–Crippen LogP) is 2.16. The van der Waals surface area contributed by atoms with Crippen LogP contribution in [-0.4, -0.2) is 20.8 Å². The van der Waals surface area contributed by atoms with Gasteiger partial charge in [-0.15, -0.1) is 0 Å². The van der Waals surface area contributed by atoms with E-state index in [9.17, 15) is 0 Å². The fraction of sp³-hybridized carbons (Fsp3) is 0.467. The van der Waals surface area contributed by atoms with Crippen LogP contribution in [0.1, 0.15) is 31.7 Å². The third-order valence-electron chi connectivity index (χ3n) is 3.31. The van der Waals surface area contributed by atoms with Crippen molar-refractivity contribution in [3.05, 3.63) is 42.0 Å². The number of hydrogen-bond donors (Lipinski definition) is 1. The fourth-order valence-corrected chi connectivity index (χ4v) is 1.98. The van der Waals surface area contributed by atoms with Gasteiger partial charge in [-0.2, -0.15) is 5.10 Å². The highest BCUT2D eigenvalue weighted by Crippen LogP contribution is 2.15. The molecule has 0 aliphatic heterocycles. The Balaban J connectivity index is 1.91. The Labute approximate surface area is 119 Å². The lowest BCUT2D eigenvalue weighted by Crippen LogP contribution is -2.21. The first kappa shape index (κ1) is 14.5. The summed E-state index contributed by atoms with van der Waals surface area (Å²) < 4.78 is 7.55. The number of ether oxygens (including phenoxy) is 1. The van der Waals surface area contributed by atoms with Crippen LogP contribution in [-0.2, 0) is 19.6 Å². The Morgan fingerprint density at radius 2 is 2.00 bits per heavy atom. The zero-order chi connectivity index (χ0) is 14.4. The number of aromatic nitrogens is 3. The summed E-state index contributed by atoms with van der Waals surface area (Å²) in [5.41, 5.74) is 7.19. The Kier molecular flexibility index (Phi) is 5.12. The van der Waals surface area contributed by atoms with E-state index in [0.717, 1.165) is 31.0 Å². The van der Waals surface area contributed by atoms with Crippen molar-refractivity contribution >= 4 is 0 Å². The van der Waals surface area contributed by atoms with E-state index in [1.807, 2.05) is 23.7 Å². The highest BCUT2D eigenvalue weighted by Gasteiger charge is 2.05. The minimum atomic E-state index is 0.227. The van der Waals surface area contributed by atoms with Crippen molar-refractivity contribution in [1.82, 2.24) is 14.8 Å². The average Bonchev–Trinajstić information content (AvgIpc) is 2.94. The van der Waals surface area contributed by atoms with Crippen molar-refractivity contribution in [3.63, 3.8) is 0 Å². The summed E-state index contributed by atoms with van der Waals surface area (Å²) in [6, 6.07) is 8.31. The molecule has 1 unspecified atom stereocenters. The van der Waals surface area contributed by atoms with Crippen LogP contribution in [0.15, 0.2) is 30.6 Å². The summed E-state index contributed by atoms with van der Waals surface area (Å²) in [5.74, 6) is 1.68. The largest absolute Gasteiger partial charge is 0.486 e. The SMILES string of the molecule is CCC(N)Cc1ccc(OCc2ncnn2CC)cc1. The molecule has 0 radical (unpaired) electrons. The van der Waals surface area contributed by atoms with Crippen molar-refractivity contribution in [2.75, 3.05) is 0 Å². The predicted molar refractivity (Wildman–Crippen MR) is 78.4 cm³/mol. The standard InChI is InChI=1S/C15H22N4O/c1-3-13(16)9-12-5-7-14(8-6-12)20-10-15-17-11-18-19(15)4-2/h5-8,11,13H,3-4,9-10,16H2,1-2H3. The molecule has 108 valence electrons. The Morgan fingerprint density at radius 3 is 2.65 bits per heavy atom. The molecular weight excluding hydrogens is 252 g/mol. The number of nitrogens with two attached hydrogens (primary N) is 1. The van der Waals surface area contributed by atoms with E-state index in [4.69, 9.17) is 10.5 Å². The highest BCUT2D eigenvalue weighted by atomic mass is 16.5. The molecule has 1 aromatic carbocycles. The Bertz CT molecular complexity index is 521. The summed E-state index contributed by atoms with van der Waals surface area (Å²) in [6.07, 6.45) is 3.45. The lowest BCUT2D eigenvalue weighted by atomic mass is 10.0. The molecule has 0 amide bonds. The molecule has 0 saturated heterocycles. The van der Waals surface area contributed by atoms with Crippen LogP contribution < -0.4 is 10.5 Å². The minimum Gasteiger partial charge on any atom is -0.486 e. The molecule has 20 heavy (non-hydrogen) atoms. The van der Waals surface area contributed by atoms with Gasteiger partial charge in [-0.05, 0) is 37.5 Å². The van der Waals surface area contributed by atoms with Gasteiger partial charge in [-0.1, -0.05) is 19.1 Å². The molecule has 0 saturated carbocycles. The van der Waals surface area contributed by atoms with Gasteiger partial charge < -0.3 is 10.5 Å². The third-order valence-corrected chi connectivity index (χ3v) is 3.31. The van der Waals surface area contributed by atoms with Gasteiger partial charge in [0.15, 0.2) is 5.82 Å². The van der Waals surface area contributed by atoms with Crippen LogP contribution in [0.2, 0.25) is 0 Å². The van der Waals surface area contributed by atoms with Gasteiger partial charge in [0.05, 0.1) is 0 Å². The molecule has 0 spiro atoms. The maximum absolute atomic E-state index is 5.95. The molecule has 0 bridgehead atoms. The zero-order valence-electron chi connectivity index (χ0n) is 12.1. The molecule has 2 rings (SSSR count).